The third kappa shape index (κ3) is 4.50. The van der Waals surface area contributed by atoms with Gasteiger partial charge in [0.05, 0.1) is 6.10 Å². The van der Waals surface area contributed by atoms with Gasteiger partial charge in [0.1, 0.15) is 11.4 Å². The van der Waals surface area contributed by atoms with Crippen LogP contribution >= 0.6 is 0 Å². The Morgan fingerprint density at radius 1 is 1.19 bits per heavy atom. The predicted molar refractivity (Wildman–Crippen MR) is 104 cm³/mol. The lowest BCUT2D eigenvalue weighted by atomic mass is 9.82. The summed E-state index contributed by atoms with van der Waals surface area (Å²) in [6, 6.07) is 10.3. The number of hydrogen-bond acceptors (Lipinski definition) is 4. The molecule has 2 aromatic rings. The highest BCUT2D eigenvalue weighted by molar-refractivity contribution is 5.92. The number of ether oxygens (including phenoxy) is 1. The zero-order valence-corrected chi connectivity index (χ0v) is 15.9. The van der Waals surface area contributed by atoms with Crippen LogP contribution in [0.25, 0.3) is 0 Å². The fourth-order valence-corrected chi connectivity index (χ4v) is 3.93. The molecule has 1 aromatic carbocycles. The van der Waals surface area contributed by atoms with Crippen molar-refractivity contribution in [1.29, 1.82) is 0 Å². The molecular formula is C21H28N4O2. The third-order valence-corrected chi connectivity index (χ3v) is 5.63. The number of hydrogen-bond donors (Lipinski definition) is 1. The molecule has 1 aliphatic carbocycles. The van der Waals surface area contributed by atoms with Gasteiger partial charge in [0.2, 0.25) is 0 Å². The molecule has 0 radical (unpaired) electrons. The van der Waals surface area contributed by atoms with E-state index in [4.69, 9.17) is 4.74 Å². The Labute approximate surface area is 160 Å². The minimum Gasteiger partial charge on any atom is -0.490 e. The molecule has 27 heavy (non-hydrogen) atoms. The monoisotopic (exact) mass is 368 g/mol. The number of rotatable bonds is 7. The maximum Gasteiger partial charge on any atom is 0.269 e. The lowest BCUT2D eigenvalue weighted by molar-refractivity contribution is 0.0615. The highest BCUT2D eigenvalue weighted by Crippen LogP contribution is 2.31. The van der Waals surface area contributed by atoms with Gasteiger partial charge in [-0.3, -0.25) is 14.4 Å². The highest BCUT2D eigenvalue weighted by atomic mass is 16.5. The summed E-state index contributed by atoms with van der Waals surface area (Å²) < 4.78 is 7.66. The Morgan fingerprint density at radius 3 is 2.59 bits per heavy atom. The van der Waals surface area contributed by atoms with Gasteiger partial charge in [-0.25, -0.2) is 0 Å². The van der Waals surface area contributed by atoms with Gasteiger partial charge in [-0.2, -0.15) is 5.10 Å². The molecule has 0 bridgehead atoms. The van der Waals surface area contributed by atoms with Crippen LogP contribution in [0.15, 0.2) is 36.5 Å². The summed E-state index contributed by atoms with van der Waals surface area (Å²) in [6.07, 6.45) is 6.52. The lowest BCUT2D eigenvalue weighted by Gasteiger charge is -2.35. The van der Waals surface area contributed by atoms with Crippen molar-refractivity contribution in [3.05, 3.63) is 47.8 Å². The van der Waals surface area contributed by atoms with E-state index in [9.17, 15) is 4.79 Å². The second-order valence-electron chi connectivity index (χ2n) is 7.75. The first-order valence-electron chi connectivity index (χ1n) is 9.91. The normalized spacial score (nSPS) is 22.4. The average molecular weight is 368 g/mol. The number of benzene rings is 1. The van der Waals surface area contributed by atoms with Crippen molar-refractivity contribution in [2.75, 3.05) is 19.6 Å². The van der Waals surface area contributed by atoms with Crippen molar-refractivity contribution in [3.63, 3.8) is 0 Å². The van der Waals surface area contributed by atoms with Crippen molar-refractivity contribution in [3.8, 4) is 5.75 Å². The standard InChI is InChI=1S/C21H28N4O2/c1-24-20(8-9-23-24)21(26)22-14-17-12-19(13-17)27-18-6-4-16(5-7-18)15-25-10-2-3-11-25/h4-9,17,19H,2-3,10-15H2,1H3,(H,22,26). The third-order valence-electron chi connectivity index (χ3n) is 5.63. The fourth-order valence-electron chi connectivity index (χ4n) is 3.93. The van der Waals surface area contributed by atoms with Crippen LogP contribution in [-0.4, -0.2) is 46.3 Å². The summed E-state index contributed by atoms with van der Waals surface area (Å²) in [5.74, 6) is 1.37. The van der Waals surface area contributed by atoms with E-state index in [0.717, 1.165) is 25.1 Å². The first kappa shape index (κ1) is 18.0. The van der Waals surface area contributed by atoms with Gasteiger partial charge in [0.15, 0.2) is 0 Å². The van der Waals surface area contributed by atoms with Gasteiger partial charge in [-0.15, -0.1) is 0 Å². The van der Waals surface area contributed by atoms with Crippen LogP contribution < -0.4 is 10.1 Å². The van der Waals surface area contributed by atoms with E-state index in [-0.39, 0.29) is 12.0 Å². The summed E-state index contributed by atoms with van der Waals surface area (Å²) in [7, 11) is 1.78. The van der Waals surface area contributed by atoms with E-state index in [0.29, 0.717) is 18.2 Å². The quantitative estimate of drug-likeness (QED) is 0.816. The molecular weight excluding hydrogens is 340 g/mol. The molecule has 1 amide bonds. The zero-order chi connectivity index (χ0) is 18.6. The van der Waals surface area contributed by atoms with Crippen molar-refractivity contribution in [2.45, 2.75) is 38.3 Å². The molecule has 6 heteroatoms. The number of likely N-dealkylation sites (tertiary alicyclic amines) is 1. The number of nitrogens with one attached hydrogen (secondary N) is 1. The molecule has 2 fully saturated rings. The van der Waals surface area contributed by atoms with E-state index in [1.807, 2.05) is 0 Å². The molecule has 0 spiro atoms. The first-order valence-corrected chi connectivity index (χ1v) is 9.91. The summed E-state index contributed by atoms with van der Waals surface area (Å²) in [6.45, 7) is 4.18. The Kier molecular flexibility index (Phi) is 5.43. The number of aryl methyl sites for hydroxylation is 1. The van der Waals surface area contributed by atoms with Crippen LogP contribution in [0.4, 0.5) is 0 Å². The van der Waals surface area contributed by atoms with E-state index in [1.54, 1.807) is 24.0 Å². The van der Waals surface area contributed by atoms with Crippen LogP contribution in [0.2, 0.25) is 0 Å². The van der Waals surface area contributed by atoms with Gasteiger partial charge in [0, 0.05) is 26.3 Å². The number of carbonyl (C=O) groups is 1. The molecule has 1 aliphatic heterocycles. The largest absolute Gasteiger partial charge is 0.490 e. The van der Waals surface area contributed by atoms with Gasteiger partial charge in [-0.05, 0) is 68.5 Å². The number of amides is 1. The minimum atomic E-state index is -0.0621. The average Bonchev–Trinajstić information content (AvgIpc) is 3.29. The van der Waals surface area contributed by atoms with Crippen LogP contribution in [0.5, 0.6) is 5.75 Å². The van der Waals surface area contributed by atoms with Gasteiger partial charge in [-0.1, -0.05) is 12.1 Å². The van der Waals surface area contributed by atoms with Crippen LogP contribution in [0.1, 0.15) is 41.7 Å². The summed E-state index contributed by atoms with van der Waals surface area (Å²) in [5.41, 5.74) is 1.95. The zero-order valence-electron chi connectivity index (χ0n) is 15.9. The molecule has 144 valence electrons. The second-order valence-corrected chi connectivity index (χ2v) is 7.75. The van der Waals surface area contributed by atoms with Crippen molar-refractivity contribution < 1.29 is 9.53 Å². The molecule has 1 N–H and O–H groups in total. The Balaban J connectivity index is 1.17. The molecule has 0 atom stereocenters. The lowest BCUT2D eigenvalue weighted by Crippen LogP contribution is -2.41. The molecule has 6 nitrogen and oxygen atoms in total. The van der Waals surface area contributed by atoms with Gasteiger partial charge >= 0.3 is 0 Å². The van der Waals surface area contributed by atoms with Crippen LogP contribution in [0, 0.1) is 5.92 Å². The molecule has 4 rings (SSSR count). The number of carbonyl (C=O) groups excluding carboxylic acids is 1. The Hall–Kier alpha value is -2.34. The predicted octanol–water partition coefficient (Wildman–Crippen LogP) is 2.60. The van der Waals surface area contributed by atoms with E-state index in [2.05, 4.69) is 39.6 Å². The maximum atomic E-state index is 12.1. The molecule has 0 unspecified atom stereocenters. The summed E-state index contributed by atoms with van der Waals surface area (Å²) >= 11 is 0. The first-order chi connectivity index (χ1) is 13.2. The smallest absolute Gasteiger partial charge is 0.269 e. The molecule has 2 heterocycles. The Bertz CT molecular complexity index is 759. The Morgan fingerprint density at radius 2 is 1.93 bits per heavy atom. The second kappa shape index (κ2) is 8.13. The summed E-state index contributed by atoms with van der Waals surface area (Å²) in [5, 5.41) is 7.02. The molecule has 1 aromatic heterocycles. The van der Waals surface area contributed by atoms with E-state index >= 15 is 0 Å². The number of nitrogens with zero attached hydrogens (tertiary/aromatic N) is 3. The van der Waals surface area contributed by atoms with Crippen LogP contribution in [0.3, 0.4) is 0 Å². The van der Waals surface area contributed by atoms with Crippen molar-refractivity contribution >= 4 is 5.91 Å². The van der Waals surface area contributed by atoms with Crippen molar-refractivity contribution in [1.82, 2.24) is 20.0 Å². The minimum absolute atomic E-state index is 0.0621. The fraction of sp³-hybridized carbons (Fsp3) is 0.524. The number of aromatic nitrogens is 2. The van der Waals surface area contributed by atoms with Gasteiger partial charge in [0.25, 0.3) is 5.91 Å². The van der Waals surface area contributed by atoms with E-state index < -0.39 is 0 Å². The maximum absolute atomic E-state index is 12.1. The van der Waals surface area contributed by atoms with E-state index in [1.165, 1.54) is 31.5 Å². The van der Waals surface area contributed by atoms with Crippen LogP contribution in [-0.2, 0) is 13.6 Å². The molecule has 2 aliphatic rings. The topological polar surface area (TPSA) is 59.4 Å². The summed E-state index contributed by atoms with van der Waals surface area (Å²) in [4.78, 5) is 14.6. The molecule has 1 saturated carbocycles. The highest BCUT2D eigenvalue weighted by Gasteiger charge is 2.31. The molecule has 1 saturated heterocycles. The SMILES string of the molecule is Cn1nccc1C(=O)NCC1CC(Oc2ccc(CN3CCCC3)cc2)C1. The van der Waals surface area contributed by atoms with Crippen molar-refractivity contribution in [2.24, 2.45) is 13.0 Å². The van der Waals surface area contributed by atoms with Gasteiger partial charge < -0.3 is 10.1 Å².